The van der Waals surface area contributed by atoms with Crippen LogP contribution in [0.3, 0.4) is 0 Å². The van der Waals surface area contributed by atoms with Crippen LogP contribution in [0.2, 0.25) is 10.0 Å². The number of carbonyl (C=O) groups is 2. The third-order valence-corrected chi connectivity index (χ3v) is 6.42. The van der Waals surface area contributed by atoms with Crippen molar-refractivity contribution in [2.45, 2.75) is 51.6 Å². The summed E-state index contributed by atoms with van der Waals surface area (Å²) in [5, 5.41) is 4.26. The molecule has 1 N–H and O–H groups in total. The summed E-state index contributed by atoms with van der Waals surface area (Å²) in [6.45, 7) is 6.04. The lowest BCUT2D eigenvalue weighted by molar-refractivity contribution is -0.138. The quantitative estimate of drug-likeness (QED) is 0.498. The summed E-state index contributed by atoms with van der Waals surface area (Å²) < 4.78 is 0. The minimum absolute atomic E-state index is 0.0534. The molecule has 162 valence electrons. The lowest BCUT2D eigenvalue weighted by Crippen LogP contribution is -2.50. The van der Waals surface area contributed by atoms with Gasteiger partial charge in [0.2, 0.25) is 11.8 Å². The Morgan fingerprint density at radius 3 is 2.50 bits per heavy atom. The largest absolute Gasteiger partial charge is 0.352 e. The molecule has 30 heavy (non-hydrogen) atoms. The Kier molecular flexibility index (Phi) is 10.0. The Morgan fingerprint density at radius 2 is 1.83 bits per heavy atom. The van der Waals surface area contributed by atoms with Crippen molar-refractivity contribution in [1.29, 1.82) is 0 Å². The van der Waals surface area contributed by atoms with Gasteiger partial charge in [-0.3, -0.25) is 9.59 Å². The highest BCUT2D eigenvalue weighted by Gasteiger charge is 2.26. The average molecular weight is 467 g/mol. The van der Waals surface area contributed by atoms with Crippen molar-refractivity contribution in [3.63, 3.8) is 0 Å². The van der Waals surface area contributed by atoms with Crippen molar-refractivity contribution in [3.8, 4) is 0 Å². The van der Waals surface area contributed by atoms with Gasteiger partial charge in [-0.1, -0.05) is 60.5 Å². The van der Waals surface area contributed by atoms with Gasteiger partial charge >= 0.3 is 0 Å². The number of rotatable bonds is 10. The lowest BCUT2D eigenvalue weighted by atomic mass is 10.1. The maximum atomic E-state index is 13.1. The van der Waals surface area contributed by atoms with Crippen molar-refractivity contribution in [1.82, 2.24) is 10.2 Å². The molecule has 7 heteroatoms. The van der Waals surface area contributed by atoms with E-state index in [0.717, 1.165) is 17.5 Å². The third-order valence-electron chi connectivity index (χ3n) is 4.85. The SMILES string of the molecule is CC[C@@H](C)NC(=O)[C@@H](C)N(Cc1cccc(Cl)c1)C(=O)CSCc1ccccc1Cl. The second-order valence-corrected chi connectivity index (χ2v) is 9.06. The number of thioether (sulfide) groups is 1. The van der Waals surface area contributed by atoms with Crippen LogP contribution in [0, 0.1) is 0 Å². The van der Waals surface area contributed by atoms with Gasteiger partial charge in [-0.25, -0.2) is 0 Å². The van der Waals surface area contributed by atoms with Gasteiger partial charge in [-0.05, 0) is 49.6 Å². The molecule has 0 heterocycles. The van der Waals surface area contributed by atoms with E-state index in [-0.39, 0.29) is 23.6 Å². The van der Waals surface area contributed by atoms with E-state index in [4.69, 9.17) is 23.2 Å². The fourth-order valence-corrected chi connectivity index (χ4v) is 4.24. The minimum Gasteiger partial charge on any atom is -0.352 e. The van der Waals surface area contributed by atoms with Gasteiger partial charge in [0, 0.05) is 28.4 Å². The molecule has 2 aromatic carbocycles. The summed E-state index contributed by atoms with van der Waals surface area (Å²) in [6.07, 6.45) is 0.828. The molecule has 0 fully saturated rings. The molecule has 0 saturated carbocycles. The topological polar surface area (TPSA) is 49.4 Å². The van der Waals surface area contributed by atoms with E-state index in [1.807, 2.05) is 56.3 Å². The Hall–Kier alpha value is -1.69. The predicted octanol–water partition coefficient (Wildman–Crippen LogP) is 5.56. The molecule has 0 unspecified atom stereocenters. The molecule has 0 radical (unpaired) electrons. The average Bonchev–Trinajstić information content (AvgIpc) is 2.72. The van der Waals surface area contributed by atoms with E-state index in [2.05, 4.69) is 5.32 Å². The van der Waals surface area contributed by atoms with Crippen LogP contribution in [0.1, 0.15) is 38.3 Å². The molecule has 2 rings (SSSR count). The van der Waals surface area contributed by atoms with E-state index in [1.165, 1.54) is 11.8 Å². The Labute approximate surface area is 193 Å². The number of nitrogens with zero attached hydrogens (tertiary/aromatic N) is 1. The summed E-state index contributed by atoms with van der Waals surface area (Å²) in [6, 6.07) is 14.4. The van der Waals surface area contributed by atoms with Crippen LogP contribution in [0.5, 0.6) is 0 Å². The number of amides is 2. The highest BCUT2D eigenvalue weighted by molar-refractivity contribution is 7.99. The zero-order valence-electron chi connectivity index (χ0n) is 17.5. The van der Waals surface area contributed by atoms with E-state index < -0.39 is 6.04 Å². The Bertz CT molecular complexity index is 863. The molecule has 0 aliphatic heterocycles. The van der Waals surface area contributed by atoms with Crippen LogP contribution in [-0.2, 0) is 21.9 Å². The third kappa shape index (κ3) is 7.53. The summed E-state index contributed by atoms with van der Waals surface area (Å²) in [7, 11) is 0. The van der Waals surface area contributed by atoms with Gasteiger partial charge in [0.1, 0.15) is 6.04 Å². The lowest BCUT2D eigenvalue weighted by Gasteiger charge is -2.29. The van der Waals surface area contributed by atoms with Crippen molar-refractivity contribution in [3.05, 3.63) is 69.7 Å². The number of benzene rings is 2. The molecule has 0 aromatic heterocycles. The molecule has 2 amide bonds. The molecule has 0 aliphatic carbocycles. The summed E-state index contributed by atoms with van der Waals surface area (Å²) in [5.74, 6) is 0.631. The first-order chi connectivity index (χ1) is 14.3. The van der Waals surface area contributed by atoms with Crippen LogP contribution < -0.4 is 5.32 Å². The van der Waals surface area contributed by atoms with E-state index in [1.54, 1.807) is 17.9 Å². The fourth-order valence-electron chi connectivity index (χ4n) is 2.83. The van der Waals surface area contributed by atoms with E-state index in [9.17, 15) is 9.59 Å². The predicted molar refractivity (Wildman–Crippen MR) is 127 cm³/mol. The van der Waals surface area contributed by atoms with Crippen LogP contribution in [-0.4, -0.2) is 34.6 Å². The zero-order chi connectivity index (χ0) is 22.1. The van der Waals surface area contributed by atoms with Crippen LogP contribution in [0.25, 0.3) is 0 Å². The first kappa shape index (κ1) is 24.6. The van der Waals surface area contributed by atoms with Crippen molar-refractivity contribution >= 4 is 46.8 Å². The van der Waals surface area contributed by atoms with Crippen molar-refractivity contribution in [2.24, 2.45) is 0 Å². The molecule has 0 bridgehead atoms. The number of carbonyl (C=O) groups excluding carboxylic acids is 2. The first-order valence-electron chi connectivity index (χ1n) is 9.97. The summed E-state index contributed by atoms with van der Waals surface area (Å²) in [5.41, 5.74) is 1.87. The van der Waals surface area contributed by atoms with Gasteiger partial charge < -0.3 is 10.2 Å². The Balaban J connectivity index is 2.09. The smallest absolute Gasteiger partial charge is 0.242 e. The van der Waals surface area contributed by atoms with E-state index in [0.29, 0.717) is 22.3 Å². The van der Waals surface area contributed by atoms with Crippen LogP contribution in [0.15, 0.2) is 48.5 Å². The number of nitrogens with one attached hydrogen (secondary N) is 1. The Morgan fingerprint density at radius 1 is 1.10 bits per heavy atom. The van der Waals surface area contributed by atoms with Crippen LogP contribution >= 0.6 is 35.0 Å². The molecule has 2 aromatic rings. The summed E-state index contributed by atoms with van der Waals surface area (Å²) >= 11 is 13.8. The maximum Gasteiger partial charge on any atom is 0.242 e. The maximum absolute atomic E-state index is 13.1. The van der Waals surface area contributed by atoms with Gasteiger partial charge in [0.05, 0.1) is 5.75 Å². The monoisotopic (exact) mass is 466 g/mol. The van der Waals surface area contributed by atoms with Gasteiger partial charge in [0.15, 0.2) is 0 Å². The molecule has 4 nitrogen and oxygen atoms in total. The molecular formula is C23H28Cl2N2O2S. The number of halogens is 2. The molecule has 0 saturated heterocycles. The highest BCUT2D eigenvalue weighted by Crippen LogP contribution is 2.22. The van der Waals surface area contributed by atoms with Gasteiger partial charge in [0.25, 0.3) is 0 Å². The van der Waals surface area contributed by atoms with Crippen molar-refractivity contribution < 1.29 is 9.59 Å². The number of hydrogen-bond acceptors (Lipinski definition) is 3. The normalized spacial score (nSPS) is 12.8. The highest BCUT2D eigenvalue weighted by atomic mass is 35.5. The second kappa shape index (κ2) is 12.2. The van der Waals surface area contributed by atoms with Crippen LogP contribution in [0.4, 0.5) is 0 Å². The second-order valence-electron chi connectivity index (χ2n) is 7.23. The number of hydrogen-bond donors (Lipinski definition) is 1. The molecular weight excluding hydrogens is 439 g/mol. The minimum atomic E-state index is -0.591. The fraction of sp³-hybridized carbons (Fsp3) is 0.391. The first-order valence-corrected chi connectivity index (χ1v) is 11.9. The summed E-state index contributed by atoms with van der Waals surface area (Å²) in [4.78, 5) is 27.4. The molecule has 0 aliphatic rings. The van der Waals surface area contributed by atoms with E-state index >= 15 is 0 Å². The zero-order valence-corrected chi connectivity index (χ0v) is 19.9. The van der Waals surface area contributed by atoms with Gasteiger partial charge in [-0.15, -0.1) is 11.8 Å². The molecule has 2 atom stereocenters. The standard InChI is InChI=1S/C23H28Cl2N2O2S/c1-4-16(2)26-23(29)17(3)27(13-18-8-7-10-20(24)12-18)22(28)15-30-14-19-9-5-6-11-21(19)25/h5-12,16-17H,4,13-15H2,1-3H3,(H,26,29)/t16-,17-/m1/s1. The van der Waals surface area contributed by atoms with Gasteiger partial charge in [-0.2, -0.15) is 0 Å². The molecule has 0 spiro atoms. The van der Waals surface area contributed by atoms with Crippen molar-refractivity contribution in [2.75, 3.05) is 5.75 Å².